The number of nitrogens with one attached hydrogen (secondary N) is 1. The lowest BCUT2D eigenvalue weighted by Crippen LogP contribution is -2.55. The molecule has 44 heavy (non-hydrogen) atoms. The lowest BCUT2D eigenvalue weighted by atomic mass is 9.90. The summed E-state index contributed by atoms with van der Waals surface area (Å²) in [6, 6.07) is 2.94. The summed E-state index contributed by atoms with van der Waals surface area (Å²) >= 11 is 0. The fourth-order valence-electron chi connectivity index (χ4n) is 4.70. The Bertz CT molecular complexity index is 1430. The highest BCUT2D eigenvalue weighted by Crippen LogP contribution is 2.31. The maximum absolute atomic E-state index is 13.2. The van der Waals surface area contributed by atoms with Crippen LogP contribution in [0, 0.1) is 6.92 Å². The Morgan fingerprint density at radius 3 is 2.36 bits per heavy atom. The van der Waals surface area contributed by atoms with Gasteiger partial charge >= 0.3 is 24.3 Å². The number of aromatic nitrogens is 2. The van der Waals surface area contributed by atoms with Crippen molar-refractivity contribution in [3.05, 3.63) is 29.6 Å². The molecule has 19 heteroatoms. The van der Waals surface area contributed by atoms with Gasteiger partial charge in [-0.15, -0.1) is 0 Å². The number of nitrogens with zero attached hydrogens (tertiary/aromatic N) is 5. The number of oxime groups is 1. The molecule has 2 unspecified atom stereocenters. The molecule has 2 aromatic rings. The zero-order valence-corrected chi connectivity index (χ0v) is 23.1. The Labute approximate surface area is 245 Å². The number of nitrogens with two attached hydrogens (primary N) is 1. The Morgan fingerprint density at radius 2 is 1.70 bits per heavy atom. The number of hydroxylamine groups is 2. The van der Waals surface area contributed by atoms with E-state index in [2.05, 4.69) is 30.1 Å². The molecule has 1 saturated heterocycles. The minimum Gasteiger partial charge on any atom is -0.378 e. The number of ether oxygens (including phenoxy) is 1. The highest BCUT2D eigenvalue weighted by molar-refractivity contribution is 5.97. The smallest absolute Gasteiger partial charge is 0.378 e. The SMILES string of the molecule is Cc1ccc2nc(C(=O)N3CCOCC3)nc(NC3CCCCC3N(OC(=O)C(F)(F)F)/C(N)=N/OC(=O)C(F)(F)F)c2c1. The summed E-state index contributed by atoms with van der Waals surface area (Å²) < 4.78 is 82.5. The van der Waals surface area contributed by atoms with E-state index in [0.717, 1.165) is 5.56 Å². The predicted octanol–water partition coefficient (Wildman–Crippen LogP) is 2.79. The third-order valence-electron chi connectivity index (χ3n) is 6.79. The fraction of sp³-hybridized carbons (Fsp3) is 0.520. The fourth-order valence-corrected chi connectivity index (χ4v) is 4.70. The second-order valence-electron chi connectivity index (χ2n) is 9.95. The van der Waals surface area contributed by atoms with Gasteiger partial charge in [0.05, 0.1) is 30.8 Å². The Hall–Kier alpha value is -4.42. The summed E-state index contributed by atoms with van der Waals surface area (Å²) in [7, 11) is 0. The van der Waals surface area contributed by atoms with Crippen LogP contribution >= 0.6 is 0 Å². The average Bonchev–Trinajstić information content (AvgIpc) is 2.98. The molecule has 4 rings (SSSR count). The molecule has 1 amide bonds. The lowest BCUT2D eigenvalue weighted by Gasteiger charge is -2.38. The summed E-state index contributed by atoms with van der Waals surface area (Å²) in [5, 5.41) is 6.47. The number of morpholine rings is 1. The van der Waals surface area contributed by atoms with E-state index in [0.29, 0.717) is 50.0 Å². The number of hydrogen-bond acceptors (Lipinski definition) is 10. The number of anilines is 1. The summed E-state index contributed by atoms with van der Waals surface area (Å²) in [6.45, 7) is 3.04. The zero-order chi connectivity index (χ0) is 32.2. The number of carbonyl (C=O) groups excluding carboxylic acids is 3. The van der Waals surface area contributed by atoms with Crippen molar-refractivity contribution in [1.82, 2.24) is 19.9 Å². The third-order valence-corrected chi connectivity index (χ3v) is 6.79. The highest BCUT2D eigenvalue weighted by atomic mass is 19.4. The number of carbonyl (C=O) groups is 3. The molecule has 0 radical (unpaired) electrons. The summed E-state index contributed by atoms with van der Waals surface area (Å²) in [5.41, 5.74) is 6.78. The second kappa shape index (κ2) is 13.1. The molecular weight excluding hydrogens is 608 g/mol. The number of rotatable bonds is 5. The quantitative estimate of drug-likeness (QED) is 0.163. The number of aryl methyl sites for hydroxylation is 1. The third kappa shape index (κ3) is 7.74. The largest absolute Gasteiger partial charge is 0.493 e. The van der Waals surface area contributed by atoms with E-state index in [4.69, 9.17) is 10.5 Å². The van der Waals surface area contributed by atoms with Crippen LogP contribution in [-0.2, 0) is 24.0 Å². The van der Waals surface area contributed by atoms with Crippen molar-refractivity contribution < 1.29 is 55.1 Å². The minimum atomic E-state index is -5.52. The first kappa shape index (κ1) is 32.5. The molecule has 2 aliphatic rings. The molecule has 2 atom stereocenters. The topological polar surface area (TPSA) is 162 Å². The molecule has 0 spiro atoms. The monoisotopic (exact) mass is 635 g/mol. The van der Waals surface area contributed by atoms with Crippen LogP contribution < -0.4 is 11.1 Å². The molecular formula is C25H27F6N7O6. The molecule has 3 N–H and O–H groups in total. The van der Waals surface area contributed by atoms with Gasteiger partial charge in [0.2, 0.25) is 5.82 Å². The van der Waals surface area contributed by atoms with Gasteiger partial charge in [-0.25, -0.2) is 19.6 Å². The van der Waals surface area contributed by atoms with Gasteiger partial charge in [0.25, 0.3) is 11.9 Å². The maximum Gasteiger partial charge on any atom is 0.493 e. The molecule has 1 aliphatic carbocycles. The average molecular weight is 636 g/mol. The van der Waals surface area contributed by atoms with Crippen molar-refractivity contribution in [2.24, 2.45) is 10.9 Å². The van der Waals surface area contributed by atoms with E-state index < -0.39 is 48.2 Å². The molecule has 240 valence electrons. The van der Waals surface area contributed by atoms with Gasteiger partial charge in [0, 0.05) is 18.5 Å². The molecule has 2 heterocycles. The first-order valence-corrected chi connectivity index (χ1v) is 13.3. The normalized spacial score (nSPS) is 19.8. The Kier molecular flexibility index (Phi) is 9.65. The Balaban J connectivity index is 1.71. The first-order valence-electron chi connectivity index (χ1n) is 13.3. The van der Waals surface area contributed by atoms with Gasteiger partial charge in [0.15, 0.2) is 0 Å². The second-order valence-corrected chi connectivity index (χ2v) is 9.95. The van der Waals surface area contributed by atoms with E-state index in [1.807, 2.05) is 0 Å². The molecule has 0 bridgehead atoms. The van der Waals surface area contributed by atoms with E-state index in [1.165, 1.54) is 4.90 Å². The van der Waals surface area contributed by atoms with Crippen molar-refractivity contribution in [3.8, 4) is 0 Å². The van der Waals surface area contributed by atoms with Crippen LogP contribution in [0.5, 0.6) is 0 Å². The molecule has 2 fully saturated rings. The van der Waals surface area contributed by atoms with E-state index >= 15 is 0 Å². The maximum atomic E-state index is 13.2. The summed E-state index contributed by atoms with van der Waals surface area (Å²) in [6.07, 6.45) is -9.87. The van der Waals surface area contributed by atoms with E-state index in [9.17, 15) is 40.7 Å². The summed E-state index contributed by atoms with van der Waals surface area (Å²) in [5.74, 6) is -7.34. The van der Waals surface area contributed by atoms with Gasteiger partial charge in [0.1, 0.15) is 5.82 Å². The number of halogens is 6. The highest BCUT2D eigenvalue weighted by Gasteiger charge is 2.46. The van der Waals surface area contributed by atoms with Gasteiger partial charge in [-0.1, -0.05) is 24.5 Å². The van der Waals surface area contributed by atoms with Crippen molar-refractivity contribution in [3.63, 3.8) is 0 Å². The number of fused-ring (bicyclic) bond motifs is 1. The molecule has 1 aliphatic heterocycles. The Morgan fingerprint density at radius 1 is 1.05 bits per heavy atom. The number of hydrogen-bond donors (Lipinski definition) is 2. The first-order chi connectivity index (χ1) is 20.6. The predicted molar refractivity (Wildman–Crippen MR) is 138 cm³/mol. The number of amides is 1. The van der Waals surface area contributed by atoms with Crippen LogP contribution in [0.15, 0.2) is 23.4 Å². The van der Waals surface area contributed by atoms with Crippen molar-refractivity contribution in [2.75, 3.05) is 31.6 Å². The van der Waals surface area contributed by atoms with Crippen molar-refractivity contribution >= 4 is 40.5 Å². The van der Waals surface area contributed by atoms with E-state index in [1.54, 1.807) is 25.1 Å². The van der Waals surface area contributed by atoms with Crippen LogP contribution in [0.1, 0.15) is 41.9 Å². The van der Waals surface area contributed by atoms with Gasteiger partial charge < -0.3 is 30.4 Å². The zero-order valence-electron chi connectivity index (χ0n) is 23.1. The summed E-state index contributed by atoms with van der Waals surface area (Å²) in [4.78, 5) is 54.6. The van der Waals surface area contributed by atoms with Crippen LogP contribution in [0.3, 0.4) is 0 Å². The van der Waals surface area contributed by atoms with Crippen molar-refractivity contribution in [1.29, 1.82) is 0 Å². The van der Waals surface area contributed by atoms with Crippen molar-refractivity contribution in [2.45, 2.75) is 57.0 Å². The van der Waals surface area contributed by atoms with Gasteiger partial charge in [-0.05, 0) is 37.1 Å². The van der Waals surface area contributed by atoms with Crippen LogP contribution in [0.4, 0.5) is 32.2 Å². The number of benzene rings is 1. The van der Waals surface area contributed by atoms with Crippen LogP contribution in [0.25, 0.3) is 10.9 Å². The molecule has 1 saturated carbocycles. The van der Waals surface area contributed by atoms with Gasteiger partial charge in [-0.3, -0.25) is 4.79 Å². The van der Waals surface area contributed by atoms with Gasteiger partial charge in [-0.2, -0.15) is 31.4 Å². The van der Waals surface area contributed by atoms with Crippen LogP contribution in [-0.4, -0.2) is 94.5 Å². The van der Waals surface area contributed by atoms with Crippen LogP contribution in [0.2, 0.25) is 0 Å². The van der Waals surface area contributed by atoms with E-state index in [-0.39, 0.29) is 29.5 Å². The number of guanidine groups is 1. The lowest BCUT2D eigenvalue weighted by molar-refractivity contribution is -0.232. The number of alkyl halides is 6. The molecule has 1 aromatic carbocycles. The molecule has 13 nitrogen and oxygen atoms in total. The molecule has 1 aromatic heterocycles. The standard InChI is InChI=1S/C25H27F6N7O6/c1-13-6-7-15-14(12-13)18(35-19(33-15)20(39)37-8-10-42-11-9-37)34-16-4-2-3-5-17(16)38(44-22(41)25(29,30)31)23(32)36-43-21(40)24(26,27)28/h6-7,12,16-17H,2-5,8-11H2,1H3,(H2,32,36)(H,33,34,35). The minimum absolute atomic E-state index is 0.00779.